The summed E-state index contributed by atoms with van der Waals surface area (Å²) in [5.41, 5.74) is 2.53. The number of carbonyl (C=O) groups excluding carboxylic acids is 3. The number of nitrogens with zero attached hydrogens (tertiary/aromatic N) is 2. The zero-order chi connectivity index (χ0) is 21.3. The zero-order valence-electron chi connectivity index (χ0n) is 17.3. The number of hydrogen-bond acceptors (Lipinski definition) is 4. The van der Waals surface area contributed by atoms with E-state index in [9.17, 15) is 14.4 Å². The summed E-state index contributed by atoms with van der Waals surface area (Å²) in [5, 5.41) is 0. The molecule has 156 valence electrons. The van der Waals surface area contributed by atoms with E-state index in [1.165, 1.54) is 7.11 Å². The lowest BCUT2D eigenvalue weighted by atomic mass is 9.93. The standard InChI is InChI=1S/C24H26N2O4/c1-3-16-9-7-8-12-19(16)23(28)25-14-18-13-20(24(29)30-2)22(26(18)21(27)15-25)17-10-5-4-6-11-17/h4-12,18,20,22H,3,13-15H2,1-2H3/t18-,20-,22-/m0/s1. The fourth-order valence-corrected chi connectivity index (χ4v) is 4.82. The Morgan fingerprint density at radius 1 is 1.07 bits per heavy atom. The molecular formula is C24H26N2O4. The molecule has 4 rings (SSSR count). The fourth-order valence-electron chi connectivity index (χ4n) is 4.82. The van der Waals surface area contributed by atoms with Gasteiger partial charge >= 0.3 is 5.97 Å². The van der Waals surface area contributed by atoms with Gasteiger partial charge in [-0.2, -0.15) is 0 Å². The van der Waals surface area contributed by atoms with Crippen LogP contribution in [0.4, 0.5) is 0 Å². The molecule has 30 heavy (non-hydrogen) atoms. The molecule has 0 spiro atoms. The van der Waals surface area contributed by atoms with Gasteiger partial charge in [0.05, 0.1) is 25.1 Å². The van der Waals surface area contributed by atoms with Crippen molar-refractivity contribution in [2.45, 2.75) is 31.8 Å². The van der Waals surface area contributed by atoms with E-state index in [1.807, 2.05) is 61.5 Å². The molecule has 2 aliphatic heterocycles. The Balaban J connectivity index is 1.63. The van der Waals surface area contributed by atoms with Gasteiger partial charge in [0.1, 0.15) is 6.54 Å². The minimum Gasteiger partial charge on any atom is -0.469 e. The molecule has 2 aromatic rings. The lowest BCUT2D eigenvalue weighted by molar-refractivity contribution is -0.147. The van der Waals surface area contributed by atoms with Crippen LogP contribution in [-0.2, 0) is 20.7 Å². The topological polar surface area (TPSA) is 66.9 Å². The third-order valence-corrected chi connectivity index (χ3v) is 6.21. The highest BCUT2D eigenvalue weighted by Gasteiger charge is 2.51. The van der Waals surface area contributed by atoms with Gasteiger partial charge in [0, 0.05) is 12.1 Å². The number of benzene rings is 2. The van der Waals surface area contributed by atoms with Gasteiger partial charge in [-0.25, -0.2) is 0 Å². The minimum atomic E-state index is -0.440. The van der Waals surface area contributed by atoms with Crippen molar-refractivity contribution in [1.29, 1.82) is 0 Å². The van der Waals surface area contributed by atoms with E-state index < -0.39 is 5.92 Å². The van der Waals surface area contributed by atoms with E-state index in [0.717, 1.165) is 17.5 Å². The number of carbonyl (C=O) groups is 3. The van der Waals surface area contributed by atoms with Gasteiger partial charge in [-0.1, -0.05) is 55.5 Å². The van der Waals surface area contributed by atoms with Gasteiger partial charge < -0.3 is 14.5 Å². The van der Waals surface area contributed by atoms with Crippen molar-refractivity contribution >= 4 is 17.8 Å². The van der Waals surface area contributed by atoms with Crippen LogP contribution in [0.3, 0.4) is 0 Å². The van der Waals surface area contributed by atoms with Gasteiger partial charge in [0.25, 0.3) is 5.91 Å². The second-order valence-electron chi connectivity index (χ2n) is 7.87. The SMILES string of the molecule is CCc1ccccc1C(=O)N1CC(=O)N2[C@@H](C[C@H](C(=O)OC)[C@@H]2c2ccccc2)C1. The van der Waals surface area contributed by atoms with E-state index >= 15 is 0 Å². The van der Waals surface area contributed by atoms with Crippen LogP contribution in [0.1, 0.15) is 40.9 Å². The number of hydrogen-bond donors (Lipinski definition) is 0. The van der Waals surface area contributed by atoms with Crippen molar-refractivity contribution in [1.82, 2.24) is 9.80 Å². The van der Waals surface area contributed by atoms with Gasteiger partial charge in [-0.05, 0) is 30.0 Å². The fraction of sp³-hybridized carbons (Fsp3) is 0.375. The first-order valence-corrected chi connectivity index (χ1v) is 10.4. The lowest BCUT2D eigenvalue weighted by Gasteiger charge is -2.40. The zero-order valence-corrected chi connectivity index (χ0v) is 17.3. The van der Waals surface area contributed by atoms with E-state index in [1.54, 1.807) is 9.80 Å². The summed E-state index contributed by atoms with van der Waals surface area (Å²) >= 11 is 0. The molecule has 3 atom stereocenters. The number of esters is 1. The Kier molecular flexibility index (Phi) is 5.57. The summed E-state index contributed by atoms with van der Waals surface area (Å²) in [6, 6.07) is 16.5. The molecule has 0 N–H and O–H groups in total. The third-order valence-electron chi connectivity index (χ3n) is 6.21. The molecule has 0 unspecified atom stereocenters. The van der Waals surface area contributed by atoms with Crippen LogP contribution in [0.2, 0.25) is 0 Å². The van der Waals surface area contributed by atoms with Crippen LogP contribution < -0.4 is 0 Å². The highest BCUT2D eigenvalue weighted by molar-refractivity contribution is 5.98. The summed E-state index contributed by atoms with van der Waals surface area (Å²) in [4.78, 5) is 42.3. The van der Waals surface area contributed by atoms with Crippen LogP contribution in [-0.4, -0.2) is 53.8 Å². The Labute approximate surface area is 176 Å². The van der Waals surface area contributed by atoms with Crippen molar-refractivity contribution in [3.05, 3.63) is 71.3 Å². The predicted molar refractivity (Wildman–Crippen MR) is 112 cm³/mol. The highest BCUT2D eigenvalue weighted by atomic mass is 16.5. The third kappa shape index (κ3) is 3.47. The maximum absolute atomic E-state index is 13.2. The number of amides is 2. The number of ether oxygens (including phenoxy) is 1. The maximum atomic E-state index is 13.2. The molecule has 0 aromatic heterocycles. The molecule has 0 bridgehead atoms. The van der Waals surface area contributed by atoms with E-state index in [0.29, 0.717) is 18.5 Å². The molecule has 0 aliphatic carbocycles. The smallest absolute Gasteiger partial charge is 0.311 e. The second kappa shape index (κ2) is 8.30. The lowest BCUT2D eigenvalue weighted by Crippen LogP contribution is -2.56. The average molecular weight is 406 g/mol. The Morgan fingerprint density at radius 2 is 1.77 bits per heavy atom. The summed E-state index contributed by atoms with van der Waals surface area (Å²) in [7, 11) is 1.38. The predicted octanol–water partition coefficient (Wildman–Crippen LogP) is 2.84. The van der Waals surface area contributed by atoms with Crippen molar-refractivity contribution in [2.75, 3.05) is 20.2 Å². The molecule has 0 saturated carbocycles. The van der Waals surface area contributed by atoms with Crippen LogP contribution in [0, 0.1) is 5.92 Å². The van der Waals surface area contributed by atoms with Gasteiger partial charge in [0.2, 0.25) is 5.91 Å². The van der Waals surface area contributed by atoms with Crippen molar-refractivity contribution < 1.29 is 19.1 Å². The molecule has 6 nitrogen and oxygen atoms in total. The number of aryl methyl sites for hydroxylation is 1. The largest absolute Gasteiger partial charge is 0.469 e. The minimum absolute atomic E-state index is 0.0185. The Morgan fingerprint density at radius 3 is 2.47 bits per heavy atom. The van der Waals surface area contributed by atoms with Gasteiger partial charge in [-0.3, -0.25) is 14.4 Å². The van der Waals surface area contributed by atoms with E-state index in [2.05, 4.69) is 0 Å². The average Bonchev–Trinajstić information content (AvgIpc) is 3.18. The van der Waals surface area contributed by atoms with Crippen molar-refractivity contribution in [2.24, 2.45) is 5.92 Å². The Hall–Kier alpha value is -3.15. The molecule has 2 amide bonds. The van der Waals surface area contributed by atoms with Crippen LogP contribution in [0.25, 0.3) is 0 Å². The monoisotopic (exact) mass is 406 g/mol. The molecule has 2 saturated heterocycles. The molecule has 2 heterocycles. The molecular weight excluding hydrogens is 380 g/mol. The summed E-state index contributed by atoms with van der Waals surface area (Å²) < 4.78 is 5.04. The summed E-state index contributed by atoms with van der Waals surface area (Å²) in [6.45, 7) is 2.45. The highest BCUT2D eigenvalue weighted by Crippen LogP contribution is 2.43. The quantitative estimate of drug-likeness (QED) is 0.733. The van der Waals surface area contributed by atoms with Crippen molar-refractivity contribution in [3.8, 4) is 0 Å². The number of fused-ring (bicyclic) bond motifs is 1. The number of methoxy groups -OCH3 is 1. The van der Waals surface area contributed by atoms with Crippen molar-refractivity contribution in [3.63, 3.8) is 0 Å². The Bertz CT molecular complexity index is 959. The van der Waals surface area contributed by atoms with Gasteiger partial charge in [0.15, 0.2) is 0 Å². The molecule has 2 aliphatic rings. The normalized spacial score (nSPS) is 23.3. The number of piperazine rings is 1. The molecule has 2 fully saturated rings. The molecule has 2 aromatic carbocycles. The molecule has 6 heteroatoms. The second-order valence-corrected chi connectivity index (χ2v) is 7.87. The van der Waals surface area contributed by atoms with E-state index in [4.69, 9.17) is 4.74 Å². The summed E-state index contributed by atoms with van der Waals surface area (Å²) in [6.07, 6.45) is 1.23. The first-order chi connectivity index (χ1) is 14.5. The first kappa shape index (κ1) is 20.1. The van der Waals surface area contributed by atoms with Gasteiger partial charge in [-0.15, -0.1) is 0 Å². The van der Waals surface area contributed by atoms with Crippen LogP contribution >= 0.6 is 0 Å². The van der Waals surface area contributed by atoms with Crippen LogP contribution in [0.5, 0.6) is 0 Å². The maximum Gasteiger partial charge on any atom is 0.311 e. The first-order valence-electron chi connectivity index (χ1n) is 10.4. The summed E-state index contributed by atoms with van der Waals surface area (Å²) in [5.74, 6) is -1.02. The molecule has 0 radical (unpaired) electrons. The van der Waals surface area contributed by atoms with E-state index in [-0.39, 0.29) is 36.4 Å². The number of rotatable bonds is 4. The van der Waals surface area contributed by atoms with Crippen LogP contribution in [0.15, 0.2) is 54.6 Å².